The number of aromatic nitrogens is 5. The average Bonchev–Trinajstić information content (AvgIpc) is 3.52. The molecule has 1 fully saturated rings. The van der Waals surface area contributed by atoms with E-state index in [9.17, 15) is 4.79 Å². The minimum atomic E-state index is -0.279. The molecule has 174 valence electrons. The van der Waals surface area contributed by atoms with E-state index in [2.05, 4.69) is 56.9 Å². The number of H-pyrrole nitrogens is 1. The highest BCUT2D eigenvalue weighted by Crippen LogP contribution is 2.22. The topological polar surface area (TPSA) is 90.1 Å². The summed E-state index contributed by atoms with van der Waals surface area (Å²) in [4.78, 5) is 17.9. The molecular weight excluding hydrogens is 428 g/mol. The van der Waals surface area contributed by atoms with Gasteiger partial charge in [0.05, 0.1) is 24.8 Å². The molecule has 8 heteroatoms. The van der Waals surface area contributed by atoms with Crippen LogP contribution >= 0.6 is 0 Å². The fraction of sp³-hybridized carbons (Fsp3) is 0.385. The van der Waals surface area contributed by atoms with Crippen LogP contribution in [0.3, 0.4) is 0 Å². The van der Waals surface area contributed by atoms with Gasteiger partial charge in [0.25, 0.3) is 5.56 Å². The molecule has 8 nitrogen and oxygen atoms in total. The highest BCUT2D eigenvalue weighted by molar-refractivity contribution is 5.79. The molecule has 2 aliphatic rings. The third kappa shape index (κ3) is 3.93. The number of ether oxygens (including phenoxy) is 1. The highest BCUT2D eigenvalue weighted by Gasteiger charge is 2.36. The molecule has 0 aliphatic carbocycles. The predicted octanol–water partition coefficient (Wildman–Crippen LogP) is 1.73. The van der Waals surface area contributed by atoms with Crippen molar-refractivity contribution in [2.24, 2.45) is 0 Å². The van der Waals surface area contributed by atoms with E-state index in [0.717, 1.165) is 61.2 Å². The van der Waals surface area contributed by atoms with Crippen LogP contribution in [0.1, 0.15) is 47.0 Å². The molecule has 2 aliphatic heterocycles. The van der Waals surface area contributed by atoms with Crippen molar-refractivity contribution < 1.29 is 9.64 Å². The van der Waals surface area contributed by atoms with E-state index in [0.29, 0.717) is 12.1 Å². The molecule has 0 amide bonds. The van der Waals surface area contributed by atoms with Crippen LogP contribution in [0, 0.1) is 6.92 Å². The van der Waals surface area contributed by atoms with Crippen LogP contribution < -0.4 is 10.5 Å². The van der Waals surface area contributed by atoms with Crippen LogP contribution in [-0.4, -0.2) is 44.4 Å². The molecule has 2 N–H and O–H groups in total. The number of tetrazole rings is 1. The predicted molar refractivity (Wildman–Crippen MR) is 128 cm³/mol. The van der Waals surface area contributed by atoms with E-state index < -0.39 is 0 Å². The first kappa shape index (κ1) is 21.2. The summed E-state index contributed by atoms with van der Waals surface area (Å²) in [5, 5.41) is 13.8. The van der Waals surface area contributed by atoms with Gasteiger partial charge in [-0.05, 0) is 58.8 Å². The van der Waals surface area contributed by atoms with Crippen LogP contribution in [-0.2, 0) is 24.2 Å². The molecule has 0 bridgehead atoms. The van der Waals surface area contributed by atoms with Crippen molar-refractivity contribution >= 4 is 10.9 Å². The molecular formula is C26H29N6O2+. The fourth-order valence-electron chi connectivity index (χ4n) is 5.47. The molecule has 4 aromatic rings. The van der Waals surface area contributed by atoms with E-state index >= 15 is 0 Å². The maximum absolute atomic E-state index is 13.5. The zero-order valence-electron chi connectivity index (χ0n) is 19.3. The Bertz CT molecular complexity index is 1390. The molecule has 0 saturated carbocycles. The zero-order valence-corrected chi connectivity index (χ0v) is 19.3. The van der Waals surface area contributed by atoms with Gasteiger partial charge in [0.15, 0.2) is 6.04 Å². The van der Waals surface area contributed by atoms with Crippen molar-refractivity contribution in [3.8, 4) is 0 Å². The Morgan fingerprint density at radius 1 is 1.21 bits per heavy atom. The van der Waals surface area contributed by atoms with E-state index in [1.807, 2.05) is 23.7 Å². The minimum Gasteiger partial charge on any atom is -0.376 e. The van der Waals surface area contributed by atoms with Crippen molar-refractivity contribution in [2.75, 3.05) is 13.2 Å². The van der Waals surface area contributed by atoms with Gasteiger partial charge in [-0.2, -0.15) is 0 Å². The Balaban J connectivity index is 1.46. The Kier molecular flexibility index (Phi) is 5.47. The molecule has 2 aromatic carbocycles. The summed E-state index contributed by atoms with van der Waals surface area (Å²) in [5.41, 5.74) is 5.29. The average molecular weight is 458 g/mol. The monoisotopic (exact) mass is 457 g/mol. The van der Waals surface area contributed by atoms with E-state index in [4.69, 9.17) is 4.74 Å². The third-order valence-corrected chi connectivity index (χ3v) is 7.22. The lowest BCUT2D eigenvalue weighted by Crippen LogP contribution is -3.12. The zero-order chi connectivity index (χ0) is 23.1. The molecule has 3 atom stereocenters. The van der Waals surface area contributed by atoms with Gasteiger partial charge in [0.1, 0.15) is 6.54 Å². The number of aromatic amines is 1. The minimum absolute atomic E-state index is 0.0823. The number of hydrogen-bond acceptors (Lipinski definition) is 5. The second-order valence-corrected chi connectivity index (χ2v) is 9.54. The van der Waals surface area contributed by atoms with Gasteiger partial charge in [0, 0.05) is 24.1 Å². The van der Waals surface area contributed by atoms with Crippen molar-refractivity contribution in [2.45, 2.75) is 51.4 Å². The maximum Gasteiger partial charge on any atom is 0.258 e. The number of fused-ring (bicyclic) bond motifs is 2. The largest absolute Gasteiger partial charge is 0.376 e. The normalized spacial score (nSPS) is 21.0. The van der Waals surface area contributed by atoms with Gasteiger partial charge in [-0.1, -0.05) is 36.4 Å². The summed E-state index contributed by atoms with van der Waals surface area (Å²) in [6.45, 7) is 5.14. The number of aryl methyl sites for hydroxylation is 1. The summed E-state index contributed by atoms with van der Waals surface area (Å²) in [6.07, 6.45) is 3.13. The van der Waals surface area contributed by atoms with Crippen LogP contribution in [0.25, 0.3) is 10.9 Å². The summed E-state index contributed by atoms with van der Waals surface area (Å²) in [5.74, 6) is 0.724. The van der Waals surface area contributed by atoms with Crippen LogP contribution in [0.4, 0.5) is 0 Å². The molecule has 0 spiro atoms. The number of benzene rings is 2. The van der Waals surface area contributed by atoms with Crippen LogP contribution in [0.5, 0.6) is 0 Å². The van der Waals surface area contributed by atoms with Gasteiger partial charge in [-0.15, -0.1) is 5.10 Å². The number of quaternary nitrogens is 1. The summed E-state index contributed by atoms with van der Waals surface area (Å²) in [6, 6.07) is 16.5. The first-order chi connectivity index (χ1) is 16.7. The first-order valence-electron chi connectivity index (χ1n) is 12.1. The third-order valence-electron chi connectivity index (χ3n) is 7.22. The molecule has 34 heavy (non-hydrogen) atoms. The summed E-state index contributed by atoms with van der Waals surface area (Å²) in [7, 11) is 0. The molecule has 2 aromatic heterocycles. The number of nitrogens with zero attached hydrogens (tertiary/aromatic N) is 4. The van der Waals surface area contributed by atoms with Gasteiger partial charge < -0.3 is 14.6 Å². The van der Waals surface area contributed by atoms with Crippen LogP contribution in [0.2, 0.25) is 0 Å². The van der Waals surface area contributed by atoms with Crippen molar-refractivity contribution in [3.63, 3.8) is 0 Å². The second-order valence-electron chi connectivity index (χ2n) is 9.54. The maximum atomic E-state index is 13.5. The first-order valence-corrected chi connectivity index (χ1v) is 12.1. The standard InChI is InChI=1S/C26H28N6O2/c1-17-8-9-19-14-22(26(33)27-23(19)13-17)24(31-11-10-18-5-2-3-6-20(18)15-31)25-28-29-30-32(25)16-21-7-4-12-34-21/h2-3,5-6,8-9,13-14,21,24H,4,7,10-12,15-16H2,1H3,(H,27,33)/p+1/t21-,24-/m1/s1. The number of nitrogens with one attached hydrogen (secondary N) is 2. The Labute approximate surface area is 197 Å². The Hall–Kier alpha value is -3.36. The fourth-order valence-corrected chi connectivity index (χ4v) is 5.47. The Morgan fingerprint density at radius 2 is 2.09 bits per heavy atom. The van der Waals surface area contributed by atoms with E-state index in [-0.39, 0.29) is 17.7 Å². The quantitative estimate of drug-likeness (QED) is 0.477. The lowest BCUT2D eigenvalue weighted by Gasteiger charge is -2.32. The van der Waals surface area contributed by atoms with E-state index in [1.54, 1.807) is 0 Å². The second kappa shape index (κ2) is 8.77. The number of hydrogen-bond donors (Lipinski definition) is 2. The van der Waals surface area contributed by atoms with E-state index in [1.165, 1.54) is 16.0 Å². The molecule has 1 unspecified atom stereocenters. The molecule has 0 radical (unpaired) electrons. The van der Waals surface area contributed by atoms with Gasteiger partial charge >= 0.3 is 0 Å². The summed E-state index contributed by atoms with van der Waals surface area (Å²) >= 11 is 0. The van der Waals surface area contributed by atoms with Crippen molar-refractivity contribution in [3.05, 3.63) is 87.0 Å². The number of rotatable bonds is 5. The van der Waals surface area contributed by atoms with Crippen molar-refractivity contribution in [1.29, 1.82) is 0 Å². The van der Waals surface area contributed by atoms with Crippen LogP contribution in [0.15, 0.2) is 53.3 Å². The Morgan fingerprint density at radius 3 is 2.94 bits per heavy atom. The highest BCUT2D eigenvalue weighted by atomic mass is 16.5. The van der Waals surface area contributed by atoms with Gasteiger partial charge in [-0.25, -0.2) is 4.68 Å². The molecule has 1 saturated heterocycles. The lowest BCUT2D eigenvalue weighted by atomic mass is 9.95. The molecule has 4 heterocycles. The SMILES string of the molecule is Cc1ccc2cc([C@H](c3nnnn3C[C@H]3CCCO3)[NH+]3CCc4ccccc4C3)c(=O)[nH]c2c1. The lowest BCUT2D eigenvalue weighted by molar-refractivity contribution is -0.942. The number of pyridine rings is 1. The molecule has 6 rings (SSSR count). The smallest absolute Gasteiger partial charge is 0.258 e. The van der Waals surface area contributed by atoms with Gasteiger partial charge in [0.2, 0.25) is 5.82 Å². The van der Waals surface area contributed by atoms with Gasteiger partial charge in [-0.3, -0.25) is 4.79 Å². The van der Waals surface area contributed by atoms with Crippen molar-refractivity contribution in [1.82, 2.24) is 25.2 Å². The summed E-state index contributed by atoms with van der Waals surface area (Å²) < 4.78 is 7.71.